The number of benzene rings is 1. The van der Waals surface area contributed by atoms with E-state index in [-0.39, 0.29) is 32.2 Å². The second-order valence-corrected chi connectivity index (χ2v) is 5.72. The minimum Gasteiger partial charge on any atom is -0.454 e. The molecule has 0 spiro atoms. The lowest BCUT2D eigenvalue weighted by atomic mass is 10.1. The fraction of sp³-hybridized carbons (Fsp3) is 0.438. The molecule has 1 aromatic rings. The van der Waals surface area contributed by atoms with Gasteiger partial charge in [0.2, 0.25) is 6.79 Å². The Hall–Kier alpha value is -2.61. The Labute approximate surface area is 138 Å². The van der Waals surface area contributed by atoms with Crippen molar-refractivity contribution < 1.29 is 28.7 Å². The highest BCUT2D eigenvalue weighted by atomic mass is 16.7. The van der Waals surface area contributed by atoms with Gasteiger partial charge >= 0.3 is 5.97 Å². The number of rotatable bonds is 6. The van der Waals surface area contributed by atoms with Crippen molar-refractivity contribution in [1.29, 1.82) is 0 Å². The van der Waals surface area contributed by atoms with Gasteiger partial charge in [-0.15, -0.1) is 5.06 Å². The third-order valence-electron chi connectivity index (χ3n) is 3.77. The van der Waals surface area contributed by atoms with Gasteiger partial charge in [-0.1, -0.05) is 6.07 Å². The number of hydrogen-bond acceptors (Lipinski definition) is 7. The monoisotopic (exact) mass is 334 g/mol. The zero-order valence-corrected chi connectivity index (χ0v) is 13.2. The summed E-state index contributed by atoms with van der Waals surface area (Å²) >= 11 is 0. The summed E-state index contributed by atoms with van der Waals surface area (Å²) in [6, 6.07) is 5.68. The van der Waals surface area contributed by atoms with E-state index >= 15 is 0 Å². The number of nitrogens with zero attached hydrogens (tertiary/aromatic N) is 1. The van der Waals surface area contributed by atoms with Crippen LogP contribution < -0.4 is 14.8 Å². The molecule has 128 valence electrons. The van der Waals surface area contributed by atoms with Crippen molar-refractivity contribution in [2.45, 2.75) is 32.2 Å². The number of imide groups is 1. The number of carbonyl (C=O) groups is 3. The third-order valence-corrected chi connectivity index (χ3v) is 3.77. The maximum absolute atomic E-state index is 11.7. The van der Waals surface area contributed by atoms with E-state index in [1.165, 1.54) is 0 Å². The molecule has 1 saturated heterocycles. The van der Waals surface area contributed by atoms with Crippen LogP contribution in [0.2, 0.25) is 0 Å². The Morgan fingerprint density at radius 1 is 1.25 bits per heavy atom. The molecule has 3 rings (SSSR count). The van der Waals surface area contributed by atoms with E-state index in [4.69, 9.17) is 14.3 Å². The largest absolute Gasteiger partial charge is 0.454 e. The number of hydrogen-bond donors (Lipinski definition) is 1. The van der Waals surface area contributed by atoms with Crippen molar-refractivity contribution in [2.24, 2.45) is 0 Å². The summed E-state index contributed by atoms with van der Waals surface area (Å²) in [4.78, 5) is 39.3. The number of amides is 2. The van der Waals surface area contributed by atoms with Gasteiger partial charge in [0.1, 0.15) is 0 Å². The maximum Gasteiger partial charge on any atom is 0.346 e. The molecule has 0 aromatic heterocycles. The molecule has 1 fully saturated rings. The molecule has 1 atom stereocenters. The van der Waals surface area contributed by atoms with Gasteiger partial charge in [0, 0.05) is 18.9 Å². The molecule has 8 nitrogen and oxygen atoms in total. The van der Waals surface area contributed by atoms with E-state index in [9.17, 15) is 14.4 Å². The van der Waals surface area contributed by atoms with Crippen LogP contribution in [0.15, 0.2) is 18.2 Å². The van der Waals surface area contributed by atoms with Gasteiger partial charge < -0.3 is 19.6 Å². The average Bonchev–Trinajstić information content (AvgIpc) is 3.14. The summed E-state index contributed by atoms with van der Waals surface area (Å²) in [5.74, 6) is -0.201. The van der Waals surface area contributed by atoms with Crippen molar-refractivity contribution in [1.82, 2.24) is 10.4 Å². The van der Waals surface area contributed by atoms with Crippen LogP contribution in [0, 0.1) is 0 Å². The van der Waals surface area contributed by atoms with Crippen LogP contribution in [0.3, 0.4) is 0 Å². The summed E-state index contributed by atoms with van der Waals surface area (Å²) in [5.41, 5.74) is 1.04. The predicted molar refractivity (Wildman–Crippen MR) is 80.9 cm³/mol. The van der Waals surface area contributed by atoms with Gasteiger partial charge in [-0.25, -0.2) is 4.79 Å². The van der Waals surface area contributed by atoms with Gasteiger partial charge in [0.15, 0.2) is 11.5 Å². The number of carbonyl (C=O) groups excluding carboxylic acids is 3. The highest BCUT2D eigenvalue weighted by molar-refractivity contribution is 6.01. The minimum absolute atomic E-state index is 0.0112. The molecule has 8 heteroatoms. The smallest absolute Gasteiger partial charge is 0.346 e. The molecular weight excluding hydrogens is 316 g/mol. The summed E-state index contributed by atoms with van der Waals surface area (Å²) in [6.45, 7) is 2.05. The highest BCUT2D eigenvalue weighted by Crippen LogP contribution is 2.32. The van der Waals surface area contributed by atoms with Crippen LogP contribution in [-0.2, 0) is 25.6 Å². The van der Waals surface area contributed by atoms with Crippen molar-refractivity contribution in [3.05, 3.63) is 23.8 Å². The minimum atomic E-state index is -0.670. The van der Waals surface area contributed by atoms with Crippen LogP contribution in [0.4, 0.5) is 0 Å². The van der Waals surface area contributed by atoms with Crippen LogP contribution in [0.25, 0.3) is 0 Å². The first-order valence-electron chi connectivity index (χ1n) is 7.71. The van der Waals surface area contributed by atoms with Crippen LogP contribution in [0.5, 0.6) is 11.5 Å². The van der Waals surface area contributed by atoms with Crippen molar-refractivity contribution in [2.75, 3.05) is 13.3 Å². The fourth-order valence-corrected chi connectivity index (χ4v) is 2.54. The van der Waals surface area contributed by atoms with Crippen LogP contribution in [0.1, 0.15) is 25.3 Å². The lowest BCUT2D eigenvalue weighted by molar-refractivity contribution is -0.196. The molecule has 0 radical (unpaired) electrons. The standard InChI is InChI=1S/C16H18N2O6/c1-10(6-11-2-3-12-13(7-11)23-9-22-12)17-8-16(21)24-18-14(19)4-5-15(18)20/h2-3,7,10,17H,4-6,8-9H2,1H3. The third kappa shape index (κ3) is 3.65. The van der Waals surface area contributed by atoms with Gasteiger partial charge in [-0.3, -0.25) is 9.59 Å². The predicted octanol–water partition coefficient (Wildman–Crippen LogP) is 0.543. The summed E-state index contributed by atoms with van der Waals surface area (Å²) in [5, 5.41) is 3.55. The van der Waals surface area contributed by atoms with E-state index in [2.05, 4.69) is 5.32 Å². The lowest BCUT2D eigenvalue weighted by Crippen LogP contribution is -2.39. The topological polar surface area (TPSA) is 94.2 Å². The molecule has 2 amide bonds. The number of fused-ring (bicyclic) bond motifs is 1. The first kappa shape index (κ1) is 16.3. The van der Waals surface area contributed by atoms with E-state index in [1.54, 1.807) is 0 Å². The quantitative estimate of drug-likeness (QED) is 0.759. The van der Waals surface area contributed by atoms with Gasteiger partial charge in [0.05, 0.1) is 6.54 Å². The molecule has 24 heavy (non-hydrogen) atoms. The molecule has 1 aromatic carbocycles. The fourth-order valence-electron chi connectivity index (χ4n) is 2.54. The Balaban J connectivity index is 1.45. The van der Waals surface area contributed by atoms with E-state index in [1.807, 2.05) is 25.1 Å². The molecule has 2 heterocycles. The Morgan fingerprint density at radius 2 is 1.96 bits per heavy atom. The van der Waals surface area contributed by atoms with E-state index in [0.717, 1.165) is 11.3 Å². The Morgan fingerprint density at radius 3 is 2.71 bits per heavy atom. The van der Waals surface area contributed by atoms with Crippen LogP contribution in [-0.4, -0.2) is 42.2 Å². The molecule has 1 unspecified atom stereocenters. The first-order valence-corrected chi connectivity index (χ1v) is 7.71. The molecule has 0 aliphatic carbocycles. The number of hydroxylamine groups is 2. The van der Waals surface area contributed by atoms with Gasteiger partial charge in [0.25, 0.3) is 11.8 Å². The molecule has 0 saturated carbocycles. The summed E-state index contributed by atoms with van der Waals surface area (Å²) < 4.78 is 10.6. The summed E-state index contributed by atoms with van der Waals surface area (Å²) in [7, 11) is 0. The zero-order chi connectivity index (χ0) is 17.1. The van der Waals surface area contributed by atoms with Crippen molar-refractivity contribution >= 4 is 17.8 Å². The Kier molecular flexibility index (Phi) is 4.66. The van der Waals surface area contributed by atoms with Crippen molar-refractivity contribution in [3.63, 3.8) is 0 Å². The van der Waals surface area contributed by atoms with Crippen molar-refractivity contribution in [3.8, 4) is 11.5 Å². The summed E-state index contributed by atoms with van der Waals surface area (Å²) in [6.07, 6.45) is 0.839. The molecule has 1 N–H and O–H groups in total. The molecule has 2 aliphatic rings. The highest BCUT2D eigenvalue weighted by Gasteiger charge is 2.32. The van der Waals surface area contributed by atoms with Gasteiger partial charge in [-0.2, -0.15) is 0 Å². The average molecular weight is 334 g/mol. The number of nitrogens with one attached hydrogen (secondary N) is 1. The number of ether oxygens (including phenoxy) is 2. The first-order chi connectivity index (χ1) is 11.5. The SMILES string of the molecule is CC(Cc1ccc2c(c1)OCO2)NCC(=O)ON1C(=O)CCC1=O. The van der Waals surface area contributed by atoms with Crippen LogP contribution >= 0.6 is 0 Å². The molecule has 2 aliphatic heterocycles. The Bertz CT molecular complexity index is 659. The van der Waals surface area contributed by atoms with E-state index < -0.39 is 17.8 Å². The molecule has 0 bridgehead atoms. The normalized spacial score (nSPS) is 17.3. The maximum atomic E-state index is 11.7. The second kappa shape index (κ2) is 6.88. The second-order valence-electron chi connectivity index (χ2n) is 5.72. The van der Waals surface area contributed by atoms with Gasteiger partial charge in [-0.05, 0) is 31.0 Å². The zero-order valence-electron chi connectivity index (χ0n) is 13.2. The lowest BCUT2D eigenvalue weighted by Gasteiger charge is -2.16. The molecular formula is C16H18N2O6. The van der Waals surface area contributed by atoms with E-state index in [0.29, 0.717) is 17.2 Å².